The minimum atomic E-state index is -0.765. The van der Waals surface area contributed by atoms with E-state index in [1.807, 2.05) is 0 Å². The van der Waals surface area contributed by atoms with Crippen molar-refractivity contribution in [1.82, 2.24) is 0 Å². The molecule has 6 heteroatoms. The zero-order valence-corrected chi connectivity index (χ0v) is 9.80. The maximum atomic E-state index is 11.5. The molecule has 2 saturated carbocycles. The number of carbonyl (C=O) groups is 2. The van der Waals surface area contributed by atoms with E-state index < -0.39 is 18.2 Å². The molecule has 2 bridgehead atoms. The fourth-order valence-electron chi connectivity index (χ4n) is 3.64. The zero-order valence-electron chi connectivity index (χ0n) is 9.04. The summed E-state index contributed by atoms with van der Waals surface area (Å²) in [6.45, 7) is 0.381. The molecule has 0 aromatic rings. The summed E-state index contributed by atoms with van der Waals surface area (Å²) < 4.78 is 10.2. The number of hydrogen-bond acceptors (Lipinski definition) is 5. The summed E-state index contributed by atoms with van der Waals surface area (Å²) in [5.74, 6) is -1.19. The van der Waals surface area contributed by atoms with Crippen molar-refractivity contribution in [3.05, 3.63) is 0 Å². The molecular formula is C11H13ClO5. The smallest absolute Gasteiger partial charge is 0.321 e. The van der Waals surface area contributed by atoms with Gasteiger partial charge in [0.1, 0.15) is 12.0 Å². The maximum absolute atomic E-state index is 11.5. The van der Waals surface area contributed by atoms with E-state index in [9.17, 15) is 14.7 Å². The van der Waals surface area contributed by atoms with Crippen molar-refractivity contribution in [2.75, 3.05) is 12.5 Å². The number of aliphatic hydroxyl groups excluding tert-OH is 1. The minimum absolute atomic E-state index is 0.0265. The number of rotatable bonds is 2. The summed E-state index contributed by atoms with van der Waals surface area (Å²) in [6.07, 6.45) is -0.563. The molecule has 1 N–H and O–H groups in total. The Hall–Kier alpha value is -0.810. The predicted molar refractivity (Wildman–Crippen MR) is 56.1 cm³/mol. The van der Waals surface area contributed by atoms with E-state index in [4.69, 9.17) is 21.1 Å². The van der Waals surface area contributed by atoms with Crippen LogP contribution in [-0.4, -0.2) is 41.7 Å². The Labute approximate surface area is 103 Å². The Kier molecular flexibility index (Phi) is 2.56. The highest BCUT2D eigenvalue weighted by molar-refractivity contribution is 6.26. The summed E-state index contributed by atoms with van der Waals surface area (Å²) in [5, 5.41) is 10.1. The average molecular weight is 261 g/mol. The maximum Gasteiger partial charge on any atom is 0.321 e. The molecule has 1 aliphatic heterocycles. The molecule has 0 amide bonds. The standard InChI is InChI=1S/C11H13ClO5/c12-2-7(13)17-10-4-1-5(9(10)14)8-6(4)3-16-11(8)15/h4-6,8-10,14H,1-3H2. The fourth-order valence-corrected chi connectivity index (χ4v) is 3.70. The lowest BCUT2D eigenvalue weighted by molar-refractivity contribution is -0.159. The van der Waals surface area contributed by atoms with E-state index in [0.717, 1.165) is 6.42 Å². The number of aliphatic hydroxyl groups is 1. The van der Waals surface area contributed by atoms with Crippen LogP contribution in [-0.2, 0) is 19.1 Å². The molecule has 5 nitrogen and oxygen atoms in total. The van der Waals surface area contributed by atoms with Crippen LogP contribution in [0, 0.1) is 23.7 Å². The highest BCUT2D eigenvalue weighted by Crippen LogP contribution is 2.56. The van der Waals surface area contributed by atoms with Gasteiger partial charge in [-0.15, -0.1) is 11.6 Å². The van der Waals surface area contributed by atoms with Crippen LogP contribution < -0.4 is 0 Å². The first-order valence-electron chi connectivity index (χ1n) is 5.73. The molecule has 1 heterocycles. The SMILES string of the molecule is O=C(CCl)OC1C(O)C2CC1C1COC(=O)C21. The van der Waals surface area contributed by atoms with Crippen molar-refractivity contribution in [2.45, 2.75) is 18.6 Å². The van der Waals surface area contributed by atoms with Crippen molar-refractivity contribution < 1.29 is 24.2 Å². The van der Waals surface area contributed by atoms with E-state index in [1.54, 1.807) is 0 Å². The van der Waals surface area contributed by atoms with Crippen LogP contribution in [0.1, 0.15) is 6.42 Å². The van der Waals surface area contributed by atoms with Crippen LogP contribution in [0.25, 0.3) is 0 Å². The fraction of sp³-hybridized carbons (Fsp3) is 0.818. The molecular weight excluding hydrogens is 248 g/mol. The first kappa shape index (κ1) is 11.3. The lowest BCUT2D eigenvalue weighted by Gasteiger charge is -2.32. The zero-order chi connectivity index (χ0) is 12.2. The first-order chi connectivity index (χ1) is 8.13. The van der Waals surface area contributed by atoms with Crippen LogP contribution in [0.2, 0.25) is 0 Å². The summed E-state index contributed by atoms with van der Waals surface area (Å²) in [5.41, 5.74) is 0. The van der Waals surface area contributed by atoms with Crippen LogP contribution in [0.4, 0.5) is 0 Å². The third-order valence-electron chi connectivity index (χ3n) is 4.28. The van der Waals surface area contributed by atoms with Crippen molar-refractivity contribution >= 4 is 23.5 Å². The molecule has 2 aliphatic carbocycles. The van der Waals surface area contributed by atoms with Gasteiger partial charge in [-0.3, -0.25) is 9.59 Å². The van der Waals surface area contributed by atoms with Gasteiger partial charge in [0.05, 0.1) is 18.6 Å². The number of halogens is 1. The minimum Gasteiger partial charge on any atom is -0.465 e. The molecule has 17 heavy (non-hydrogen) atoms. The van der Waals surface area contributed by atoms with Crippen molar-refractivity contribution in [3.8, 4) is 0 Å². The van der Waals surface area contributed by atoms with Crippen molar-refractivity contribution in [3.63, 3.8) is 0 Å². The number of fused-ring (bicyclic) bond motifs is 5. The highest BCUT2D eigenvalue weighted by Gasteiger charge is 2.64. The lowest BCUT2D eigenvalue weighted by Crippen LogP contribution is -2.44. The predicted octanol–water partition coefficient (Wildman–Crippen LogP) is -0.0632. The summed E-state index contributed by atoms with van der Waals surface area (Å²) in [7, 11) is 0. The molecule has 0 aromatic carbocycles. The largest absolute Gasteiger partial charge is 0.465 e. The number of carbonyl (C=O) groups excluding carboxylic acids is 2. The van der Waals surface area contributed by atoms with Gasteiger partial charge in [0.15, 0.2) is 0 Å². The first-order valence-corrected chi connectivity index (χ1v) is 6.27. The normalized spacial score (nSPS) is 46.8. The monoisotopic (exact) mass is 260 g/mol. The van der Waals surface area contributed by atoms with E-state index in [0.29, 0.717) is 6.61 Å². The van der Waals surface area contributed by atoms with Crippen LogP contribution in [0.15, 0.2) is 0 Å². The number of hydrogen-bond donors (Lipinski definition) is 1. The number of cyclic esters (lactones) is 1. The lowest BCUT2D eigenvalue weighted by atomic mass is 9.78. The average Bonchev–Trinajstić information content (AvgIpc) is 2.94. The van der Waals surface area contributed by atoms with Crippen molar-refractivity contribution in [1.29, 1.82) is 0 Å². The van der Waals surface area contributed by atoms with Crippen LogP contribution >= 0.6 is 11.6 Å². The van der Waals surface area contributed by atoms with Gasteiger partial charge in [-0.1, -0.05) is 0 Å². The number of alkyl halides is 1. The Morgan fingerprint density at radius 1 is 1.47 bits per heavy atom. The molecule has 3 rings (SSSR count). The molecule has 3 fully saturated rings. The van der Waals surface area contributed by atoms with Gasteiger partial charge in [0, 0.05) is 17.8 Å². The Balaban J connectivity index is 1.79. The quantitative estimate of drug-likeness (QED) is 0.556. The van der Waals surface area contributed by atoms with E-state index >= 15 is 0 Å². The van der Waals surface area contributed by atoms with Gasteiger partial charge in [0.2, 0.25) is 0 Å². The van der Waals surface area contributed by atoms with E-state index in [1.165, 1.54) is 0 Å². The molecule has 6 atom stereocenters. The topological polar surface area (TPSA) is 72.8 Å². The Bertz CT molecular complexity index is 371. The second kappa shape index (κ2) is 3.85. The summed E-state index contributed by atoms with van der Waals surface area (Å²) in [6, 6.07) is 0. The van der Waals surface area contributed by atoms with E-state index in [2.05, 4.69) is 0 Å². The van der Waals surface area contributed by atoms with Gasteiger partial charge in [-0.05, 0) is 6.42 Å². The highest BCUT2D eigenvalue weighted by atomic mass is 35.5. The van der Waals surface area contributed by atoms with Crippen LogP contribution in [0.3, 0.4) is 0 Å². The third-order valence-corrected chi connectivity index (χ3v) is 4.50. The molecule has 3 aliphatic rings. The van der Waals surface area contributed by atoms with Gasteiger partial charge in [0.25, 0.3) is 0 Å². The van der Waals surface area contributed by atoms with Gasteiger partial charge >= 0.3 is 11.9 Å². The van der Waals surface area contributed by atoms with E-state index in [-0.39, 0.29) is 35.5 Å². The number of esters is 2. The second-order valence-electron chi connectivity index (χ2n) is 4.96. The molecule has 94 valence electrons. The van der Waals surface area contributed by atoms with Gasteiger partial charge in [-0.2, -0.15) is 0 Å². The molecule has 0 spiro atoms. The van der Waals surface area contributed by atoms with Gasteiger partial charge < -0.3 is 14.6 Å². The van der Waals surface area contributed by atoms with Crippen LogP contribution in [0.5, 0.6) is 0 Å². The third kappa shape index (κ3) is 1.48. The van der Waals surface area contributed by atoms with Gasteiger partial charge in [-0.25, -0.2) is 0 Å². The number of ether oxygens (including phenoxy) is 2. The summed E-state index contributed by atoms with van der Waals surface area (Å²) >= 11 is 5.38. The summed E-state index contributed by atoms with van der Waals surface area (Å²) in [4.78, 5) is 22.7. The molecule has 0 aromatic heterocycles. The molecule has 0 radical (unpaired) electrons. The Morgan fingerprint density at radius 3 is 2.94 bits per heavy atom. The molecule has 6 unspecified atom stereocenters. The second-order valence-corrected chi connectivity index (χ2v) is 5.23. The Morgan fingerprint density at radius 2 is 2.24 bits per heavy atom. The van der Waals surface area contributed by atoms with Crippen molar-refractivity contribution in [2.24, 2.45) is 23.7 Å². The molecule has 1 saturated heterocycles.